The smallest absolute Gasteiger partial charge is 0.124 e. The molecule has 6 nitrogen and oxygen atoms in total. The molecule has 3 N–H and O–H groups in total. The highest BCUT2D eigenvalue weighted by molar-refractivity contribution is 5.45. The first-order valence-electron chi connectivity index (χ1n) is 6.43. The number of rotatable bonds is 6. The molecule has 0 saturated heterocycles. The van der Waals surface area contributed by atoms with Gasteiger partial charge in [0.2, 0.25) is 0 Å². The molecule has 20 heavy (non-hydrogen) atoms. The number of nitrogens with two attached hydrogens (primary N) is 1. The summed E-state index contributed by atoms with van der Waals surface area (Å²) in [4.78, 5) is 0. The van der Waals surface area contributed by atoms with Gasteiger partial charge >= 0.3 is 0 Å². The molecule has 0 fully saturated rings. The van der Waals surface area contributed by atoms with Crippen LogP contribution in [-0.2, 0) is 6.54 Å². The van der Waals surface area contributed by atoms with Crippen molar-refractivity contribution in [2.75, 3.05) is 14.2 Å². The maximum atomic E-state index is 5.72. The Labute approximate surface area is 118 Å². The van der Waals surface area contributed by atoms with Gasteiger partial charge in [-0.1, -0.05) is 0 Å². The molecule has 1 atom stereocenters. The molecule has 0 saturated carbocycles. The van der Waals surface area contributed by atoms with Crippen molar-refractivity contribution in [1.29, 1.82) is 0 Å². The van der Waals surface area contributed by atoms with E-state index in [-0.39, 0.29) is 6.04 Å². The van der Waals surface area contributed by atoms with Crippen LogP contribution in [0.15, 0.2) is 30.6 Å². The lowest BCUT2D eigenvalue weighted by Crippen LogP contribution is -2.29. The summed E-state index contributed by atoms with van der Waals surface area (Å²) in [7, 11) is 3.26. The molecule has 1 aromatic heterocycles. The Morgan fingerprint density at radius 1 is 1.35 bits per heavy atom. The van der Waals surface area contributed by atoms with Crippen LogP contribution < -0.4 is 20.7 Å². The number of hydrogen-bond donors (Lipinski definition) is 2. The average Bonchev–Trinajstić information content (AvgIpc) is 2.96. The SMILES string of the molecule is CCn1cc(C(NN)c2cc(OC)ccc2OC)cn1. The molecule has 2 aromatic rings. The van der Waals surface area contributed by atoms with Crippen LogP contribution in [0.25, 0.3) is 0 Å². The topological polar surface area (TPSA) is 74.3 Å². The minimum absolute atomic E-state index is 0.208. The molecule has 1 aromatic carbocycles. The fraction of sp³-hybridized carbons (Fsp3) is 0.357. The van der Waals surface area contributed by atoms with Crippen LogP contribution in [0.5, 0.6) is 11.5 Å². The van der Waals surface area contributed by atoms with Crippen molar-refractivity contribution in [1.82, 2.24) is 15.2 Å². The van der Waals surface area contributed by atoms with Gasteiger partial charge in [0.15, 0.2) is 0 Å². The molecular formula is C14H20N4O2. The summed E-state index contributed by atoms with van der Waals surface area (Å²) in [5.74, 6) is 7.22. The molecule has 1 heterocycles. The Kier molecular flexibility index (Phi) is 4.60. The third-order valence-electron chi connectivity index (χ3n) is 3.23. The van der Waals surface area contributed by atoms with Crippen LogP contribution in [-0.4, -0.2) is 24.0 Å². The number of ether oxygens (including phenoxy) is 2. The molecule has 1 unspecified atom stereocenters. The van der Waals surface area contributed by atoms with E-state index in [2.05, 4.69) is 10.5 Å². The lowest BCUT2D eigenvalue weighted by Gasteiger charge is -2.18. The standard InChI is InChI=1S/C14H20N4O2/c1-4-18-9-10(8-16-18)14(17-15)12-7-11(19-2)5-6-13(12)20-3/h5-9,14,17H,4,15H2,1-3H3. The number of hydrogen-bond acceptors (Lipinski definition) is 5. The molecule has 2 rings (SSSR count). The minimum Gasteiger partial charge on any atom is -0.497 e. The zero-order valence-electron chi connectivity index (χ0n) is 12.0. The summed E-state index contributed by atoms with van der Waals surface area (Å²) < 4.78 is 12.5. The number of methoxy groups -OCH3 is 2. The van der Waals surface area contributed by atoms with E-state index >= 15 is 0 Å². The Balaban J connectivity index is 2.44. The van der Waals surface area contributed by atoms with Gasteiger partial charge in [0.05, 0.1) is 26.5 Å². The monoisotopic (exact) mass is 276 g/mol. The second kappa shape index (κ2) is 6.40. The largest absolute Gasteiger partial charge is 0.497 e. The summed E-state index contributed by atoms with van der Waals surface area (Å²) in [6, 6.07) is 5.42. The van der Waals surface area contributed by atoms with Crippen molar-refractivity contribution >= 4 is 0 Å². The molecule has 0 spiro atoms. The van der Waals surface area contributed by atoms with Crippen molar-refractivity contribution in [3.63, 3.8) is 0 Å². The van der Waals surface area contributed by atoms with E-state index < -0.39 is 0 Å². The van der Waals surface area contributed by atoms with Crippen molar-refractivity contribution < 1.29 is 9.47 Å². The molecule has 0 aliphatic rings. The lowest BCUT2D eigenvalue weighted by molar-refractivity contribution is 0.394. The highest BCUT2D eigenvalue weighted by atomic mass is 16.5. The summed E-state index contributed by atoms with van der Waals surface area (Å²) in [6.07, 6.45) is 3.76. The van der Waals surface area contributed by atoms with E-state index in [9.17, 15) is 0 Å². The molecule has 0 aliphatic heterocycles. The Morgan fingerprint density at radius 3 is 2.70 bits per heavy atom. The van der Waals surface area contributed by atoms with Gasteiger partial charge in [-0.2, -0.15) is 5.10 Å². The van der Waals surface area contributed by atoms with Crippen LogP contribution in [0.2, 0.25) is 0 Å². The highest BCUT2D eigenvalue weighted by Gasteiger charge is 2.19. The van der Waals surface area contributed by atoms with E-state index in [0.717, 1.165) is 29.2 Å². The van der Waals surface area contributed by atoms with Gasteiger partial charge in [0, 0.05) is 23.9 Å². The van der Waals surface area contributed by atoms with Crippen molar-refractivity contribution in [3.05, 3.63) is 41.7 Å². The zero-order chi connectivity index (χ0) is 14.5. The maximum Gasteiger partial charge on any atom is 0.124 e. The summed E-state index contributed by atoms with van der Waals surface area (Å²) in [5.41, 5.74) is 4.69. The number of hydrazine groups is 1. The minimum atomic E-state index is -0.208. The first-order valence-corrected chi connectivity index (χ1v) is 6.43. The van der Waals surface area contributed by atoms with Gasteiger partial charge in [0.1, 0.15) is 11.5 Å². The number of aromatic nitrogens is 2. The van der Waals surface area contributed by atoms with E-state index in [0.29, 0.717) is 0 Å². The predicted octanol–water partition coefficient (Wildman–Crippen LogP) is 1.47. The number of aryl methyl sites for hydroxylation is 1. The summed E-state index contributed by atoms with van der Waals surface area (Å²) >= 11 is 0. The van der Waals surface area contributed by atoms with Gasteiger partial charge in [-0.25, -0.2) is 5.43 Å². The molecule has 108 valence electrons. The second-order valence-corrected chi connectivity index (χ2v) is 4.34. The number of nitrogens with zero attached hydrogens (tertiary/aromatic N) is 2. The predicted molar refractivity (Wildman–Crippen MR) is 76.6 cm³/mol. The van der Waals surface area contributed by atoms with Crippen LogP contribution in [0.1, 0.15) is 24.1 Å². The first kappa shape index (κ1) is 14.4. The van der Waals surface area contributed by atoms with Crippen LogP contribution in [0.3, 0.4) is 0 Å². The van der Waals surface area contributed by atoms with Gasteiger partial charge in [0.25, 0.3) is 0 Å². The van der Waals surface area contributed by atoms with Gasteiger partial charge in [-0.3, -0.25) is 10.5 Å². The van der Waals surface area contributed by atoms with E-state index in [4.69, 9.17) is 15.3 Å². The highest BCUT2D eigenvalue weighted by Crippen LogP contribution is 2.32. The van der Waals surface area contributed by atoms with Crippen molar-refractivity contribution in [2.24, 2.45) is 5.84 Å². The molecular weight excluding hydrogens is 256 g/mol. The number of nitrogens with one attached hydrogen (secondary N) is 1. The fourth-order valence-corrected chi connectivity index (χ4v) is 2.13. The summed E-state index contributed by atoms with van der Waals surface area (Å²) in [6.45, 7) is 2.85. The van der Waals surface area contributed by atoms with E-state index in [1.54, 1.807) is 20.4 Å². The quantitative estimate of drug-likeness (QED) is 0.617. The number of benzene rings is 1. The molecule has 0 amide bonds. The third kappa shape index (κ3) is 2.76. The Morgan fingerprint density at radius 2 is 2.15 bits per heavy atom. The summed E-state index contributed by atoms with van der Waals surface area (Å²) in [5, 5.41) is 4.28. The lowest BCUT2D eigenvalue weighted by atomic mass is 10.0. The van der Waals surface area contributed by atoms with E-state index in [1.165, 1.54) is 0 Å². The zero-order valence-corrected chi connectivity index (χ0v) is 12.0. The van der Waals surface area contributed by atoms with Crippen LogP contribution in [0.4, 0.5) is 0 Å². The van der Waals surface area contributed by atoms with Gasteiger partial charge in [-0.05, 0) is 25.1 Å². The second-order valence-electron chi connectivity index (χ2n) is 4.34. The normalized spacial score (nSPS) is 12.2. The van der Waals surface area contributed by atoms with Crippen LogP contribution in [0, 0.1) is 0 Å². The van der Waals surface area contributed by atoms with Crippen LogP contribution >= 0.6 is 0 Å². The van der Waals surface area contributed by atoms with Gasteiger partial charge < -0.3 is 9.47 Å². The van der Waals surface area contributed by atoms with Crippen molar-refractivity contribution in [3.8, 4) is 11.5 Å². The fourth-order valence-electron chi connectivity index (χ4n) is 2.13. The molecule has 0 bridgehead atoms. The molecule has 0 radical (unpaired) electrons. The molecule has 0 aliphatic carbocycles. The first-order chi connectivity index (χ1) is 9.73. The van der Waals surface area contributed by atoms with E-state index in [1.807, 2.05) is 36.0 Å². The molecule has 6 heteroatoms. The Bertz CT molecular complexity index is 568. The van der Waals surface area contributed by atoms with Gasteiger partial charge in [-0.15, -0.1) is 0 Å². The Hall–Kier alpha value is -2.05. The maximum absolute atomic E-state index is 5.72. The third-order valence-corrected chi connectivity index (χ3v) is 3.23. The van der Waals surface area contributed by atoms with Crippen molar-refractivity contribution in [2.45, 2.75) is 19.5 Å². The average molecular weight is 276 g/mol.